The zero-order valence-corrected chi connectivity index (χ0v) is 12.1. The molecule has 0 saturated carbocycles. The SMILES string of the molecule is COC(=O)C(CN)(CCOCCO)c1ccccc1C. The van der Waals surface area contributed by atoms with Crippen molar-refractivity contribution in [3.63, 3.8) is 0 Å². The highest BCUT2D eigenvalue weighted by Crippen LogP contribution is 2.31. The van der Waals surface area contributed by atoms with E-state index in [0.29, 0.717) is 13.0 Å². The van der Waals surface area contributed by atoms with E-state index in [-0.39, 0.29) is 25.7 Å². The molecule has 20 heavy (non-hydrogen) atoms. The molecule has 1 aromatic carbocycles. The number of esters is 1. The molecule has 1 aromatic rings. The highest BCUT2D eigenvalue weighted by atomic mass is 16.5. The monoisotopic (exact) mass is 281 g/mol. The van der Waals surface area contributed by atoms with Crippen LogP contribution in [0.3, 0.4) is 0 Å². The van der Waals surface area contributed by atoms with Crippen LogP contribution in [0.5, 0.6) is 0 Å². The van der Waals surface area contributed by atoms with Gasteiger partial charge in [0.15, 0.2) is 0 Å². The second-order valence-corrected chi connectivity index (χ2v) is 4.68. The maximum atomic E-state index is 12.3. The summed E-state index contributed by atoms with van der Waals surface area (Å²) in [5.74, 6) is -0.359. The van der Waals surface area contributed by atoms with Gasteiger partial charge in [-0.15, -0.1) is 0 Å². The molecule has 5 nitrogen and oxygen atoms in total. The molecular weight excluding hydrogens is 258 g/mol. The first kappa shape index (κ1) is 16.6. The topological polar surface area (TPSA) is 81.8 Å². The minimum atomic E-state index is -0.907. The van der Waals surface area contributed by atoms with Crippen LogP contribution in [-0.4, -0.2) is 44.6 Å². The summed E-state index contributed by atoms with van der Waals surface area (Å²) in [6, 6.07) is 7.63. The van der Waals surface area contributed by atoms with Crippen molar-refractivity contribution in [2.45, 2.75) is 18.8 Å². The maximum Gasteiger partial charge on any atom is 0.317 e. The van der Waals surface area contributed by atoms with Gasteiger partial charge in [-0.25, -0.2) is 0 Å². The molecule has 0 fully saturated rings. The number of nitrogens with two attached hydrogens (primary N) is 1. The lowest BCUT2D eigenvalue weighted by Gasteiger charge is -2.31. The Morgan fingerprint density at radius 2 is 2.05 bits per heavy atom. The molecule has 3 N–H and O–H groups in total. The predicted octanol–water partition coefficient (Wildman–Crippen LogP) is 0.764. The highest BCUT2D eigenvalue weighted by molar-refractivity contribution is 5.84. The van der Waals surface area contributed by atoms with E-state index in [0.717, 1.165) is 11.1 Å². The minimum Gasteiger partial charge on any atom is -0.468 e. The molecule has 0 amide bonds. The quantitative estimate of drug-likeness (QED) is 0.543. The summed E-state index contributed by atoms with van der Waals surface area (Å²) < 4.78 is 10.2. The van der Waals surface area contributed by atoms with Gasteiger partial charge in [0.25, 0.3) is 0 Å². The number of carbonyl (C=O) groups is 1. The molecule has 0 saturated heterocycles. The standard InChI is InChI=1S/C15H23NO4/c1-12-5-3-4-6-13(12)15(11-16,14(18)19-2)7-9-20-10-8-17/h3-6,17H,7-11,16H2,1-2H3. The Hall–Kier alpha value is -1.43. The smallest absolute Gasteiger partial charge is 0.317 e. The third-order valence-electron chi connectivity index (χ3n) is 3.49. The lowest BCUT2D eigenvalue weighted by molar-refractivity contribution is -0.148. The van der Waals surface area contributed by atoms with Gasteiger partial charge in [0.05, 0.1) is 20.3 Å². The number of aliphatic hydroxyl groups excluding tert-OH is 1. The molecule has 0 radical (unpaired) electrons. The first-order valence-electron chi connectivity index (χ1n) is 6.65. The third-order valence-corrected chi connectivity index (χ3v) is 3.49. The van der Waals surface area contributed by atoms with Crippen LogP contribution in [0, 0.1) is 6.92 Å². The van der Waals surface area contributed by atoms with Crippen LogP contribution >= 0.6 is 0 Å². The zero-order chi connectivity index (χ0) is 15.0. The Labute approximate surface area is 119 Å². The van der Waals surface area contributed by atoms with Crippen LogP contribution in [0.2, 0.25) is 0 Å². The van der Waals surface area contributed by atoms with Crippen LogP contribution < -0.4 is 5.73 Å². The molecule has 0 aliphatic carbocycles. The number of hydrogen-bond donors (Lipinski definition) is 2. The number of ether oxygens (including phenoxy) is 2. The van der Waals surface area contributed by atoms with Crippen molar-refractivity contribution in [1.82, 2.24) is 0 Å². The number of aliphatic hydroxyl groups is 1. The van der Waals surface area contributed by atoms with Crippen molar-refractivity contribution in [3.05, 3.63) is 35.4 Å². The Morgan fingerprint density at radius 3 is 2.60 bits per heavy atom. The van der Waals surface area contributed by atoms with Crippen LogP contribution in [0.1, 0.15) is 17.5 Å². The van der Waals surface area contributed by atoms with E-state index < -0.39 is 5.41 Å². The number of aryl methyl sites for hydroxylation is 1. The largest absolute Gasteiger partial charge is 0.468 e. The van der Waals surface area contributed by atoms with Gasteiger partial charge in [-0.05, 0) is 24.5 Å². The van der Waals surface area contributed by atoms with Gasteiger partial charge in [0.1, 0.15) is 5.41 Å². The van der Waals surface area contributed by atoms with Gasteiger partial charge in [0, 0.05) is 13.2 Å². The van der Waals surface area contributed by atoms with Gasteiger partial charge in [-0.2, -0.15) is 0 Å². The fourth-order valence-electron chi connectivity index (χ4n) is 2.36. The van der Waals surface area contributed by atoms with Crippen molar-refractivity contribution in [3.8, 4) is 0 Å². The van der Waals surface area contributed by atoms with E-state index in [4.69, 9.17) is 20.3 Å². The molecule has 0 aliphatic heterocycles. The molecule has 0 bridgehead atoms. The number of rotatable bonds is 8. The average molecular weight is 281 g/mol. The lowest BCUT2D eigenvalue weighted by atomic mass is 9.76. The summed E-state index contributed by atoms with van der Waals surface area (Å²) in [6.45, 7) is 2.62. The fourth-order valence-corrected chi connectivity index (χ4v) is 2.36. The first-order valence-corrected chi connectivity index (χ1v) is 6.65. The van der Waals surface area contributed by atoms with Crippen LogP contribution in [0.15, 0.2) is 24.3 Å². The summed E-state index contributed by atoms with van der Waals surface area (Å²) in [6.07, 6.45) is 0.418. The predicted molar refractivity (Wildman–Crippen MR) is 76.4 cm³/mol. The molecule has 0 spiro atoms. The second kappa shape index (κ2) is 7.99. The van der Waals surface area contributed by atoms with Crippen LogP contribution in [0.25, 0.3) is 0 Å². The van der Waals surface area contributed by atoms with E-state index >= 15 is 0 Å². The summed E-state index contributed by atoms with van der Waals surface area (Å²) in [4.78, 5) is 12.3. The van der Waals surface area contributed by atoms with Crippen molar-refractivity contribution in [2.24, 2.45) is 5.73 Å². The molecule has 0 heterocycles. The summed E-state index contributed by atoms with van der Waals surface area (Å²) in [5, 5.41) is 8.73. The third kappa shape index (κ3) is 3.56. The Kier molecular flexibility index (Phi) is 6.64. The average Bonchev–Trinajstić information content (AvgIpc) is 2.48. The molecule has 112 valence electrons. The molecule has 5 heteroatoms. The van der Waals surface area contributed by atoms with Crippen molar-refractivity contribution >= 4 is 5.97 Å². The second-order valence-electron chi connectivity index (χ2n) is 4.68. The number of methoxy groups -OCH3 is 1. The molecule has 0 aromatic heterocycles. The Balaban J connectivity index is 3.06. The lowest BCUT2D eigenvalue weighted by Crippen LogP contribution is -2.45. The van der Waals surface area contributed by atoms with Crippen molar-refractivity contribution in [2.75, 3.05) is 33.5 Å². The van der Waals surface area contributed by atoms with E-state index in [2.05, 4.69) is 0 Å². The fraction of sp³-hybridized carbons (Fsp3) is 0.533. The number of carbonyl (C=O) groups excluding carboxylic acids is 1. The highest BCUT2D eigenvalue weighted by Gasteiger charge is 2.40. The van der Waals surface area contributed by atoms with Gasteiger partial charge in [-0.1, -0.05) is 24.3 Å². The molecule has 1 rings (SSSR count). The van der Waals surface area contributed by atoms with Crippen molar-refractivity contribution < 1.29 is 19.4 Å². The van der Waals surface area contributed by atoms with E-state index in [1.54, 1.807) is 0 Å². The van der Waals surface area contributed by atoms with Crippen LogP contribution in [-0.2, 0) is 19.7 Å². The van der Waals surface area contributed by atoms with Gasteiger partial charge in [-0.3, -0.25) is 4.79 Å². The summed E-state index contributed by atoms with van der Waals surface area (Å²) in [7, 11) is 1.36. The van der Waals surface area contributed by atoms with E-state index in [1.807, 2.05) is 31.2 Å². The molecular formula is C15H23NO4. The Bertz CT molecular complexity index is 436. The van der Waals surface area contributed by atoms with Gasteiger partial charge in [0.2, 0.25) is 0 Å². The van der Waals surface area contributed by atoms with Crippen LogP contribution in [0.4, 0.5) is 0 Å². The first-order chi connectivity index (χ1) is 9.62. The Morgan fingerprint density at radius 1 is 1.35 bits per heavy atom. The van der Waals surface area contributed by atoms with E-state index in [9.17, 15) is 4.79 Å². The number of benzene rings is 1. The maximum absolute atomic E-state index is 12.3. The molecule has 1 unspecified atom stereocenters. The van der Waals surface area contributed by atoms with Gasteiger partial charge >= 0.3 is 5.97 Å². The summed E-state index contributed by atoms with van der Waals surface area (Å²) >= 11 is 0. The minimum absolute atomic E-state index is 0.0434. The van der Waals surface area contributed by atoms with Gasteiger partial charge < -0.3 is 20.3 Å². The zero-order valence-electron chi connectivity index (χ0n) is 12.1. The van der Waals surface area contributed by atoms with E-state index in [1.165, 1.54) is 7.11 Å². The number of hydrogen-bond acceptors (Lipinski definition) is 5. The normalized spacial score (nSPS) is 13.8. The molecule has 0 aliphatic rings. The molecule has 1 atom stereocenters. The summed E-state index contributed by atoms with van der Waals surface area (Å²) in [5.41, 5.74) is 6.84. The van der Waals surface area contributed by atoms with Crippen molar-refractivity contribution in [1.29, 1.82) is 0 Å².